The zero-order valence-corrected chi connectivity index (χ0v) is 15.0. The largest absolute Gasteiger partial charge is 0.755 e. The first-order valence-electron chi connectivity index (χ1n) is 8.67. The molecule has 4 heterocycles. The molecule has 3 N–H and O–H groups in total. The second-order valence-corrected chi connectivity index (χ2v) is 7.54. The predicted molar refractivity (Wildman–Crippen MR) is 102 cm³/mol. The highest BCUT2D eigenvalue weighted by Gasteiger charge is 2.39. The van der Waals surface area contributed by atoms with E-state index in [9.17, 15) is 13.6 Å². The van der Waals surface area contributed by atoms with E-state index in [2.05, 4.69) is 19.6 Å². The molecule has 0 saturated carbocycles. The Balaban J connectivity index is 1.70. The van der Waals surface area contributed by atoms with Gasteiger partial charge in [-0.15, -0.1) is 0 Å². The number of rotatable bonds is 4. The number of aromatic amines is 2. The third kappa shape index (κ3) is 2.75. The Labute approximate surface area is 157 Å². The highest BCUT2D eigenvalue weighted by atomic mass is 32.2. The monoisotopic (exact) mass is 385 g/mol. The highest BCUT2D eigenvalue weighted by Crippen LogP contribution is 2.41. The minimum absolute atomic E-state index is 0.191. The fourth-order valence-corrected chi connectivity index (χ4v) is 4.47. The van der Waals surface area contributed by atoms with Gasteiger partial charge >= 0.3 is 0 Å². The van der Waals surface area contributed by atoms with E-state index in [-0.39, 0.29) is 11.7 Å². The summed E-state index contributed by atoms with van der Waals surface area (Å²) in [7, 11) is 0. The van der Waals surface area contributed by atoms with Gasteiger partial charge in [0.1, 0.15) is 5.52 Å². The average Bonchev–Trinajstić information content (AvgIpc) is 3.38. The predicted octanol–water partition coefficient (Wildman–Crippen LogP) is 1.71. The van der Waals surface area contributed by atoms with Gasteiger partial charge < -0.3 is 28.9 Å². The van der Waals surface area contributed by atoms with Crippen molar-refractivity contribution < 1.29 is 13.5 Å². The van der Waals surface area contributed by atoms with Crippen LogP contribution in [0.4, 0.5) is 11.4 Å². The summed E-state index contributed by atoms with van der Waals surface area (Å²) in [6, 6.07) is 7.65. The van der Waals surface area contributed by atoms with Crippen LogP contribution in [0.3, 0.4) is 0 Å². The number of ether oxygens (including phenoxy) is 1. The van der Waals surface area contributed by atoms with Crippen molar-refractivity contribution in [3.8, 4) is 11.1 Å². The molecule has 8 nitrogen and oxygen atoms in total. The van der Waals surface area contributed by atoms with Gasteiger partial charge in [-0.25, -0.2) is 0 Å². The zero-order valence-electron chi connectivity index (χ0n) is 14.2. The molecule has 9 heteroatoms. The minimum atomic E-state index is -2.41. The van der Waals surface area contributed by atoms with Crippen LogP contribution in [0, 0.1) is 0 Å². The zero-order chi connectivity index (χ0) is 18.5. The summed E-state index contributed by atoms with van der Waals surface area (Å²) in [4.78, 5) is 20.1. The molecule has 2 bridgehead atoms. The van der Waals surface area contributed by atoms with Crippen LogP contribution in [0.1, 0.15) is 6.42 Å². The second kappa shape index (κ2) is 6.22. The molecule has 3 atom stereocenters. The summed E-state index contributed by atoms with van der Waals surface area (Å²) >= 11 is -2.41. The van der Waals surface area contributed by atoms with E-state index in [4.69, 9.17) is 4.74 Å². The van der Waals surface area contributed by atoms with Gasteiger partial charge in [0.15, 0.2) is 0 Å². The summed E-state index contributed by atoms with van der Waals surface area (Å²) in [6.45, 7) is 1.50. The SMILES string of the molecule is O=c1[nH]cc(-c2cc(NS(=O)[O-])ccc2N2CC3CC2CO3)c2cc[nH]c12. The Morgan fingerprint density at radius 2 is 2.15 bits per heavy atom. The van der Waals surface area contributed by atoms with E-state index in [1.807, 2.05) is 12.1 Å². The fourth-order valence-electron chi connectivity index (χ4n) is 4.15. The van der Waals surface area contributed by atoms with Crippen molar-refractivity contribution >= 4 is 33.5 Å². The van der Waals surface area contributed by atoms with Gasteiger partial charge in [-0.3, -0.25) is 9.00 Å². The third-order valence-corrected chi connectivity index (χ3v) is 5.71. The molecule has 2 aliphatic rings. The van der Waals surface area contributed by atoms with E-state index in [0.717, 1.165) is 35.2 Å². The third-order valence-electron chi connectivity index (χ3n) is 5.31. The molecule has 2 aromatic heterocycles. The van der Waals surface area contributed by atoms with Crippen molar-refractivity contribution in [3.63, 3.8) is 0 Å². The van der Waals surface area contributed by atoms with Crippen LogP contribution < -0.4 is 15.2 Å². The van der Waals surface area contributed by atoms with Crippen molar-refractivity contribution in [2.24, 2.45) is 0 Å². The van der Waals surface area contributed by atoms with Crippen molar-refractivity contribution in [2.45, 2.75) is 18.6 Å². The Morgan fingerprint density at radius 3 is 2.89 bits per heavy atom. The molecule has 0 spiro atoms. The van der Waals surface area contributed by atoms with E-state index >= 15 is 0 Å². The normalized spacial score (nSPS) is 22.5. The molecule has 140 valence electrons. The first-order valence-corrected chi connectivity index (χ1v) is 9.75. The van der Waals surface area contributed by atoms with Crippen molar-refractivity contribution in [1.82, 2.24) is 9.97 Å². The number of benzene rings is 1. The molecule has 2 saturated heterocycles. The molecule has 0 aliphatic carbocycles. The van der Waals surface area contributed by atoms with Crippen LogP contribution in [0.15, 0.2) is 41.5 Å². The number of fused-ring (bicyclic) bond motifs is 3. The molecule has 2 fully saturated rings. The number of pyridine rings is 1. The Bertz CT molecular complexity index is 1110. The van der Waals surface area contributed by atoms with Crippen LogP contribution >= 0.6 is 0 Å². The van der Waals surface area contributed by atoms with Crippen LogP contribution in [-0.4, -0.2) is 44.0 Å². The highest BCUT2D eigenvalue weighted by molar-refractivity contribution is 7.80. The van der Waals surface area contributed by atoms with Gasteiger partial charge in [-0.05, 0) is 30.7 Å². The molecule has 27 heavy (non-hydrogen) atoms. The number of H-pyrrole nitrogens is 2. The maximum Gasteiger partial charge on any atom is 0.272 e. The lowest BCUT2D eigenvalue weighted by molar-refractivity contribution is 0.0992. The number of hydrogen-bond donors (Lipinski definition) is 3. The lowest BCUT2D eigenvalue weighted by Gasteiger charge is -2.31. The van der Waals surface area contributed by atoms with Gasteiger partial charge in [-0.2, -0.15) is 0 Å². The summed E-state index contributed by atoms with van der Waals surface area (Å²) in [5.41, 5.74) is 3.48. The maximum absolute atomic E-state index is 12.1. The summed E-state index contributed by atoms with van der Waals surface area (Å²) < 4.78 is 30.3. The Kier molecular flexibility index (Phi) is 3.81. The van der Waals surface area contributed by atoms with Gasteiger partial charge in [0, 0.05) is 58.1 Å². The standard InChI is InChI=1S/C18H18N4O4S/c23-18-17-13(3-4-19-17)15(7-20-18)14-5-10(21-27(24)25)1-2-16(14)22-8-12-6-11(22)9-26-12/h1-5,7,11-12,19,21H,6,8-9H2,(H,20,23)(H,24,25)/p-1. The lowest BCUT2D eigenvalue weighted by Crippen LogP contribution is -2.37. The van der Waals surface area contributed by atoms with Gasteiger partial charge in [0.2, 0.25) is 0 Å². The van der Waals surface area contributed by atoms with E-state index < -0.39 is 11.3 Å². The van der Waals surface area contributed by atoms with E-state index in [1.54, 1.807) is 24.5 Å². The summed E-state index contributed by atoms with van der Waals surface area (Å²) in [5, 5.41) is 0.793. The van der Waals surface area contributed by atoms with Crippen molar-refractivity contribution in [1.29, 1.82) is 0 Å². The molecule has 1 aromatic carbocycles. The number of aromatic nitrogens is 2. The number of nitrogens with one attached hydrogen (secondary N) is 3. The first kappa shape index (κ1) is 16.5. The van der Waals surface area contributed by atoms with Gasteiger partial charge in [0.05, 0.1) is 18.8 Å². The van der Waals surface area contributed by atoms with Crippen LogP contribution in [0.5, 0.6) is 0 Å². The summed E-state index contributed by atoms with van der Waals surface area (Å²) in [5.74, 6) is 0. The van der Waals surface area contributed by atoms with E-state index in [0.29, 0.717) is 23.9 Å². The van der Waals surface area contributed by atoms with Crippen molar-refractivity contribution in [3.05, 3.63) is 47.0 Å². The molecule has 3 aromatic rings. The summed E-state index contributed by atoms with van der Waals surface area (Å²) in [6.07, 6.45) is 4.64. The molecule has 0 amide bonds. The van der Waals surface area contributed by atoms with E-state index in [1.165, 1.54) is 0 Å². The smallest absolute Gasteiger partial charge is 0.272 e. The number of anilines is 2. The molecule has 0 radical (unpaired) electrons. The minimum Gasteiger partial charge on any atom is -0.755 e. The fraction of sp³-hybridized carbons (Fsp3) is 0.278. The molecule has 2 aliphatic heterocycles. The van der Waals surface area contributed by atoms with Crippen LogP contribution in [0.2, 0.25) is 0 Å². The average molecular weight is 385 g/mol. The molecular weight excluding hydrogens is 368 g/mol. The van der Waals surface area contributed by atoms with Crippen LogP contribution in [0.25, 0.3) is 22.0 Å². The number of morpholine rings is 1. The molecule has 3 unspecified atom stereocenters. The van der Waals surface area contributed by atoms with Crippen molar-refractivity contribution in [2.75, 3.05) is 22.8 Å². The Morgan fingerprint density at radius 1 is 1.26 bits per heavy atom. The first-order chi connectivity index (χ1) is 13.1. The quantitative estimate of drug-likeness (QED) is 0.592. The van der Waals surface area contributed by atoms with Crippen LogP contribution in [-0.2, 0) is 16.0 Å². The number of nitrogens with zero attached hydrogens (tertiary/aromatic N) is 1. The van der Waals surface area contributed by atoms with Gasteiger partial charge in [0.25, 0.3) is 5.56 Å². The number of hydrogen-bond acceptors (Lipinski definition) is 5. The topological polar surface area (TPSA) is 113 Å². The Hall–Kier alpha value is -2.62. The lowest BCUT2D eigenvalue weighted by atomic mass is 10.00. The maximum atomic E-state index is 12.1. The second-order valence-electron chi connectivity index (χ2n) is 6.86. The molecular formula is C18H17N4O4S-. The van der Waals surface area contributed by atoms with Gasteiger partial charge in [-0.1, -0.05) is 0 Å². The molecule has 5 rings (SSSR count).